The second-order valence-corrected chi connectivity index (χ2v) is 5.73. The molecule has 0 aliphatic heterocycles. The summed E-state index contributed by atoms with van der Waals surface area (Å²) in [7, 11) is 0. The molecule has 0 unspecified atom stereocenters. The molecule has 0 fully saturated rings. The number of thiazole rings is 1. The van der Waals surface area contributed by atoms with E-state index in [0.29, 0.717) is 19.5 Å². The minimum Gasteiger partial charge on any atom is -0.395 e. The molecule has 0 aromatic carbocycles. The number of carbonyl (C=O) groups excluding carboxylic acids is 1. The van der Waals surface area contributed by atoms with Crippen LogP contribution in [0.15, 0.2) is 11.6 Å². The largest absolute Gasteiger partial charge is 0.395 e. The molecule has 5 nitrogen and oxygen atoms in total. The number of aryl methyl sites for hydroxylation is 1. The van der Waals surface area contributed by atoms with Gasteiger partial charge in [0.15, 0.2) is 4.96 Å². The van der Waals surface area contributed by atoms with Gasteiger partial charge in [-0.3, -0.25) is 9.20 Å². The van der Waals surface area contributed by atoms with Gasteiger partial charge in [0.1, 0.15) is 0 Å². The van der Waals surface area contributed by atoms with Gasteiger partial charge in [-0.1, -0.05) is 13.3 Å². The average Bonchev–Trinajstić information content (AvgIpc) is 2.95. The van der Waals surface area contributed by atoms with E-state index in [-0.39, 0.29) is 12.5 Å². The summed E-state index contributed by atoms with van der Waals surface area (Å²) < 4.78 is 1.98. The molecule has 2 aromatic rings. The maximum absolute atomic E-state index is 12.3. The van der Waals surface area contributed by atoms with Crippen molar-refractivity contribution < 1.29 is 9.90 Å². The van der Waals surface area contributed by atoms with E-state index >= 15 is 0 Å². The number of fused-ring (bicyclic) bond motifs is 1. The summed E-state index contributed by atoms with van der Waals surface area (Å²) in [4.78, 5) is 19.4. The first kappa shape index (κ1) is 15.0. The molecule has 0 aliphatic carbocycles. The number of nitrogens with zero attached hydrogens (tertiary/aromatic N) is 3. The number of imidazole rings is 1. The molecule has 1 N–H and O–H groups in total. The lowest BCUT2D eigenvalue weighted by Gasteiger charge is -2.21. The minimum absolute atomic E-state index is 0.0126. The molecule has 0 saturated heterocycles. The molecular formula is C14H21N3O2S. The lowest BCUT2D eigenvalue weighted by molar-refractivity contribution is -0.131. The predicted molar refractivity (Wildman–Crippen MR) is 80.1 cm³/mol. The van der Waals surface area contributed by atoms with Crippen molar-refractivity contribution in [1.82, 2.24) is 14.3 Å². The topological polar surface area (TPSA) is 57.8 Å². The number of unbranched alkanes of at least 4 members (excludes halogenated alkanes) is 1. The van der Waals surface area contributed by atoms with Crippen LogP contribution in [0.1, 0.15) is 31.2 Å². The molecule has 110 valence electrons. The fraction of sp³-hybridized carbons (Fsp3) is 0.571. The zero-order valence-corrected chi connectivity index (χ0v) is 12.8. The van der Waals surface area contributed by atoms with Crippen molar-refractivity contribution in [3.05, 3.63) is 23.0 Å². The molecule has 0 atom stereocenters. The van der Waals surface area contributed by atoms with Crippen molar-refractivity contribution in [2.75, 3.05) is 19.7 Å². The van der Waals surface area contributed by atoms with Crippen LogP contribution in [0, 0.1) is 6.92 Å². The van der Waals surface area contributed by atoms with E-state index in [0.717, 1.165) is 29.2 Å². The molecule has 0 spiro atoms. The molecule has 1 amide bonds. The summed E-state index contributed by atoms with van der Waals surface area (Å²) in [6.07, 6.45) is 4.32. The van der Waals surface area contributed by atoms with Crippen LogP contribution in [0.25, 0.3) is 4.96 Å². The fourth-order valence-corrected chi connectivity index (χ4v) is 3.09. The second-order valence-electron chi connectivity index (χ2n) is 4.90. The third kappa shape index (κ3) is 3.37. The van der Waals surface area contributed by atoms with Gasteiger partial charge in [-0.2, -0.15) is 0 Å². The maximum atomic E-state index is 12.3. The van der Waals surface area contributed by atoms with Gasteiger partial charge in [0.2, 0.25) is 5.91 Å². The summed E-state index contributed by atoms with van der Waals surface area (Å²) in [5.74, 6) is 0.0681. The molecule has 0 radical (unpaired) electrons. The number of rotatable bonds is 7. The summed E-state index contributed by atoms with van der Waals surface area (Å²) >= 11 is 1.55. The zero-order valence-electron chi connectivity index (χ0n) is 12.0. The van der Waals surface area contributed by atoms with E-state index in [4.69, 9.17) is 5.11 Å². The number of aliphatic hydroxyl groups excluding tert-OH is 1. The van der Waals surface area contributed by atoms with Crippen LogP contribution in [0.3, 0.4) is 0 Å². The Hall–Kier alpha value is -1.40. The highest BCUT2D eigenvalue weighted by Gasteiger charge is 2.16. The van der Waals surface area contributed by atoms with Crippen molar-refractivity contribution in [3.8, 4) is 0 Å². The highest BCUT2D eigenvalue weighted by Crippen LogP contribution is 2.17. The molecule has 2 rings (SSSR count). The van der Waals surface area contributed by atoms with E-state index in [1.165, 1.54) is 0 Å². The molecule has 2 heterocycles. The van der Waals surface area contributed by atoms with Crippen LogP contribution in [0.5, 0.6) is 0 Å². The van der Waals surface area contributed by atoms with Crippen LogP contribution < -0.4 is 0 Å². The first-order valence-corrected chi connectivity index (χ1v) is 7.84. The van der Waals surface area contributed by atoms with E-state index < -0.39 is 0 Å². The molecular weight excluding hydrogens is 274 g/mol. The summed E-state index contributed by atoms with van der Waals surface area (Å²) in [5, 5.41) is 11.1. The third-order valence-electron chi connectivity index (χ3n) is 3.24. The number of amides is 1. The number of aliphatic hydroxyl groups is 1. The molecule has 0 aliphatic rings. The monoisotopic (exact) mass is 295 g/mol. The quantitative estimate of drug-likeness (QED) is 0.848. The normalized spacial score (nSPS) is 11.2. The summed E-state index contributed by atoms with van der Waals surface area (Å²) in [6.45, 7) is 5.18. The number of hydrogen-bond donors (Lipinski definition) is 1. The Morgan fingerprint density at radius 3 is 3.00 bits per heavy atom. The zero-order chi connectivity index (χ0) is 14.5. The fourth-order valence-electron chi connectivity index (χ4n) is 2.17. The van der Waals surface area contributed by atoms with Crippen molar-refractivity contribution in [2.45, 2.75) is 33.1 Å². The Kier molecular flexibility index (Phi) is 5.14. The van der Waals surface area contributed by atoms with Crippen LogP contribution in [-0.2, 0) is 11.2 Å². The molecule has 6 heteroatoms. The van der Waals surface area contributed by atoms with Gasteiger partial charge in [-0.15, -0.1) is 11.3 Å². The Balaban J connectivity index is 2.08. The minimum atomic E-state index is 0.0126. The highest BCUT2D eigenvalue weighted by atomic mass is 32.1. The van der Waals surface area contributed by atoms with Crippen LogP contribution in [0.2, 0.25) is 0 Å². The van der Waals surface area contributed by atoms with Crippen molar-refractivity contribution in [1.29, 1.82) is 0 Å². The first-order valence-electron chi connectivity index (χ1n) is 6.96. The van der Waals surface area contributed by atoms with E-state index in [1.807, 2.05) is 22.9 Å². The number of hydrogen-bond acceptors (Lipinski definition) is 4. The smallest absolute Gasteiger partial charge is 0.228 e. The molecule has 0 saturated carbocycles. The summed E-state index contributed by atoms with van der Waals surface area (Å²) in [5.41, 5.74) is 1.93. The number of carbonyl (C=O) groups is 1. The second kappa shape index (κ2) is 6.85. The SMILES string of the molecule is CCCCN(CCO)C(=O)Cc1csc2nc(C)cn12. The van der Waals surface area contributed by atoms with Gasteiger partial charge >= 0.3 is 0 Å². The van der Waals surface area contributed by atoms with Crippen molar-refractivity contribution in [2.24, 2.45) is 0 Å². The van der Waals surface area contributed by atoms with Gasteiger partial charge in [0.05, 0.1) is 18.7 Å². The number of aromatic nitrogens is 2. The predicted octanol–water partition coefficient (Wildman–Crippen LogP) is 1.87. The van der Waals surface area contributed by atoms with E-state index in [1.54, 1.807) is 16.2 Å². The Bertz CT molecular complexity index is 576. The first-order chi connectivity index (χ1) is 9.65. The van der Waals surface area contributed by atoms with Gasteiger partial charge in [0, 0.05) is 30.4 Å². The van der Waals surface area contributed by atoms with Gasteiger partial charge in [-0.25, -0.2) is 4.98 Å². The molecule has 0 bridgehead atoms. The average molecular weight is 295 g/mol. The maximum Gasteiger partial charge on any atom is 0.228 e. The highest BCUT2D eigenvalue weighted by molar-refractivity contribution is 7.15. The van der Waals surface area contributed by atoms with Gasteiger partial charge in [0.25, 0.3) is 0 Å². The standard InChI is InChI=1S/C14H21N3O2S/c1-3-4-5-16(6-7-18)13(19)8-12-10-20-14-15-11(2)9-17(12)14/h9-10,18H,3-8H2,1-2H3. The van der Waals surface area contributed by atoms with Gasteiger partial charge < -0.3 is 10.0 Å². The lowest BCUT2D eigenvalue weighted by Crippen LogP contribution is -2.35. The van der Waals surface area contributed by atoms with E-state index in [9.17, 15) is 4.79 Å². The van der Waals surface area contributed by atoms with Crippen LogP contribution in [-0.4, -0.2) is 45.0 Å². The van der Waals surface area contributed by atoms with Crippen molar-refractivity contribution >= 4 is 22.2 Å². The molecule has 20 heavy (non-hydrogen) atoms. The third-order valence-corrected chi connectivity index (χ3v) is 4.13. The Morgan fingerprint density at radius 2 is 2.30 bits per heavy atom. The molecule has 2 aromatic heterocycles. The van der Waals surface area contributed by atoms with Crippen molar-refractivity contribution in [3.63, 3.8) is 0 Å². The Morgan fingerprint density at radius 1 is 1.50 bits per heavy atom. The van der Waals surface area contributed by atoms with Crippen LogP contribution in [0.4, 0.5) is 0 Å². The lowest BCUT2D eigenvalue weighted by atomic mass is 10.2. The van der Waals surface area contributed by atoms with E-state index in [2.05, 4.69) is 11.9 Å². The Labute approximate surface area is 122 Å². The van der Waals surface area contributed by atoms with Gasteiger partial charge in [-0.05, 0) is 13.3 Å². The summed E-state index contributed by atoms with van der Waals surface area (Å²) in [6, 6.07) is 0. The van der Waals surface area contributed by atoms with Crippen LogP contribution >= 0.6 is 11.3 Å².